The molecule has 0 radical (unpaired) electrons. The first-order valence-electron chi connectivity index (χ1n) is 20.1. The molecule has 5 N–H and O–H groups in total. The summed E-state index contributed by atoms with van der Waals surface area (Å²) in [5, 5.41) is 24.0. The number of fused-ring (bicyclic) bond motifs is 3. The maximum Gasteiger partial charge on any atom is 0.278 e. The third-order valence-corrected chi connectivity index (χ3v) is 11.2. The molecule has 0 spiro atoms. The Morgan fingerprint density at radius 2 is 1.85 bits per heavy atom. The number of imide groups is 1. The third kappa shape index (κ3) is 7.84. The van der Waals surface area contributed by atoms with Gasteiger partial charge in [-0.3, -0.25) is 24.5 Å². The predicted molar refractivity (Wildman–Crippen MR) is 223 cm³/mol. The van der Waals surface area contributed by atoms with Crippen molar-refractivity contribution in [3.63, 3.8) is 0 Å². The van der Waals surface area contributed by atoms with Crippen LogP contribution >= 0.6 is 0 Å². The van der Waals surface area contributed by atoms with E-state index in [9.17, 15) is 24.3 Å². The lowest BCUT2D eigenvalue weighted by molar-refractivity contribution is -0.136. The van der Waals surface area contributed by atoms with Gasteiger partial charge in [-0.2, -0.15) is 4.98 Å². The van der Waals surface area contributed by atoms with Crippen molar-refractivity contribution in [3.8, 4) is 17.7 Å². The van der Waals surface area contributed by atoms with Gasteiger partial charge in [0.25, 0.3) is 11.5 Å². The molecule has 5 aromatic rings. The Morgan fingerprint density at radius 1 is 1.02 bits per heavy atom. The van der Waals surface area contributed by atoms with Crippen molar-refractivity contribution in [1.82, 2.24) is 39.8 Å². The highest BCUT2D eigenvalue weighted by atomic mass is 16.3. The van der Waals surface area contributed by atoms with Gasteiger partial charge < -0.3 is 26.0 Å². The molecule has 3 aromatic heterocycles. The molecule has 3 amide bonds. The summed E-state index contributed by atoms with van der Waals surface area (Å²) in [5.41, 5.74) is 4.70. The van der Waals surface area contributed by atoms with E-state index in [1.54, 1.807) is 21.7 Å². The number of amides is 3. The van der Waals surface area contributed by atoms with E-state index in [2.05, 4.69) is 44.7 Å². The van der Waals surface area contributed by atoms with Crippen molar-refractivity contribution >= 4 is 46.1 Å². The number of carbonyl (C=O) groups is 3. The number of aromatic nitrogens is 5. The number of pyridine rings is 1. The quantitative estimate of drug-likeness (QED) is 0.0473. The lowest BCUT2D eigenvalue weighted by Crippen LogP contribution is -2.52. The van der Waals surface area contributed by atoms with Gasteiger partial charge in [0.2, 0.25) is 17.8 Å². The summed E-state index contributed by atoms with van der Waals surface area (Å²) < 4.78 is 3.20. The summed E-state index contributed by atoms with van der Waals surface area (Å²) in [4.78, 5) is 66.1. The molecule has 2 aliphatic heterocycles. The lowest BCUT2D eigenvalue weighted by Gasteiger charge is -2.29. The number of unbranched alkanes of at least 4 members (excludes halogenated alkanes) is 1. The minimum absolute atomic E-state index is 0.200. The molecule has 1 fully saturated rings. The standard InChI is InChI=1S/C44H46N10O5/c1-3-25-53-42(58)33-26-47-43(51-39(33)54(53)36-18-12-29-20-21-44(59,4-2)38(29)49-36)48-31-15-13-30(14-16-31)46-24-23-45-22-7-5-6-9-28-10-8-11-32-34(28)27-52(41(32)57)35-17-19-37(55)50-40(35)56/h3,8,10-16,18,26,35,45-46,59H,1,4-5,7,17,19-25,27H2,2H3,(H,47,48,51)(H,50,55,56)/t35?,44-/m1/s1. The second kappa shape index (κ2) is 16.7. The van der Waals surface area contributed by atoms with E-state index < -0.39 is 17.6 Å². The molecule has 15 nitrogen and oxygen atoms in total. The number of nitrogens with zero attached hydrogens (tertiary/aromatic N) is 6. The molecule has 59 heavy (non-hydrogen) atoms. The molecule has 8 rings (SSSR count). The monoisotopic (exact) mass is 794 g/mol. The van der Waals surface area contributed by atoms with Crippen LogP contribution in [-0.4, -0.2) is 77.7 Å². The van der Waals surface area contributed by atoms with Gasteiger partial charge >= 0.3 is 0 Å². The highest BCUT2D eigenvalue weighted by molar-refractivity contribution is 6.05. The van der Waals surface area contributed by atoms with Crippen molar-refractivity contribution < 1.29 is 19.5 Å². The number of piperidine rings is 1. The number of aliphatic hydroxyl groups is 1. The summed E-state index contributed by atoms with van der Waals surface area (Å²) in [6.07, 6.45) is 7.17. The maximum absolute atomic E-state index is 13.4. The maximum atomic E-state index is 13.4. The van der Waals surface area contributed by atoms with Gasteiger partial charge in [0, 0.05) is 61.2 Å². The van der Waals surface area contributed by atoms with E-state index in [1.165, 1.54) is 10.9 Å². The average Bonchev–Trinajstić information content (AvgIpc) is 3.86. The fraction of sp³-hybridized carbons (Fsp3) is 0.341. The van der Waals surface area contributed by atoms with Crippen molar-refractivity contribution in [3.05, 3.63) is 112 Å². The smallest absolute Gasteiger partial charge is 0.278 e. The van der Waals surface area contributed by atoms with Crippen LogP contribution in [0.5, 0.6) is 0 Å². The van der Waals surface area contributed by atoms with Gasteiger partial charge in [-0.1, -0.05) is 37.0 Å². The van der Waals surface area contributed by atoms with Crippen molar-refractivity contribution in [2.24, 2.45) is 0 Å². The minimum Gasteiger partial charge on any atom is -0.384 e. The molecular weight excluding hydrogens is 749 g/mol. The van der Waals surface area contributed by atoms with Crippen LogP contribution in [0.2, 0.25) is 0 Å². The second-order valence-corrected chi connectivity index (χ2v) is 15.0. The Balaban J connectivity index is 0.819. The SMILES string of the molecule is C=CCn1c(=O)c2cnc(Nc3ccc(NCCNCCCC#Cc4cccc5c4CN(C4CCC(=O)NC4=O)C5=O)cc3)nc2n1-c1ccc2c(n1)[C@@](O)(CC)CC2. The fourth-order valence-electron chi connectivity index (χ4n) is 8.00. The number of nitrogens with one attached hydrogen (secondary N) is 4. The number of aryl methyl sites for hydroxylation is 1. The molecule has 15 heteroatoms. The van der Waals surface area contributed by atoms with Crippen LogP contribution in [0.3, 0.4) is 0 Å². The molecule has 0 saturated carbocycles. The van der Waals surface area contributed by atoms with Gasteiger partial charge in [-0.15, -0.1) is 6.58 Å². The van der Waals surface area contributed by atoms with Crippen molar-refractivity contribution in [1.29, 1.82) is 0 Å². The summed E-state index contributed by atoms with van der Waals surface area (Å²) in [6.45, 7) is 8.61. The molecule has 1 aliphatic carbocycles. The molecule has 1 saturated heterocycles. The second-order valence-electron chi connectivity index (χ2n) is 15.0. The van der Waals surface area contributed by atoms with Crippen LogP contribution in [0.4, 0.5) is 17.3 Å². The fourth-order valence-corrected chi connectivity index (χ4v) is 8.00. The summed E-state index contributed by atoms with van der Waals surface area (Å²) >= 11 is 0. The average molecular weight is 795 g/mol. The highest BCUT2D eigenvalue weighted by Gasteiger charge is 2.40. The molecule has 2 atom stereocenters. The number of rotatable bonds is 14. The van der Waals surface area contributed by atoms with Crippen molar-refractivity contribution in [2.75, 3.05) is 30.3 Å². The Bertz CT molecular complexity index is 2590. The number of anilines is 3. The Hall–Kier alpha value is -6.63. The van der Waals surface area contributed by atoms with E-state index in [0.717, 1.165) is 60.5 Å². The van der Waals surface area contributed by atoms with Crippen LogP contribution in [0.25, 0.3) is 16.9 Å². The Kier molecular flexibility index (Phi) is 11.1. The molecule has 5 heterocycles. The summed E-state index contributed by atoms with van der Waals surface area (Å²) in [5.74, 6) is 6.33. The van der Waals surface area contributed by atoms with E-state index in [1.807, 2.05) is 55.5 Å². The Morgan fingerprint density at radius 3 is 2.64 bits per heavy atom. The molecule has 2 aromatic carbocycles. The van der Waals surface area contributed by atoms with Gasteiger partial charge in [0.15, 0.2) is 11.5 Å². The Labute approximate surface area is 340 Å². The first-order valence-corrected chi connectivity index (χ1v) is 20.1. The highest BCUT2D eigenvalue weighted by Crippen LogP contribution is 2.38. The van der Waals surface area contributed by atoms with Crippen molar-refractivity contribution in [2.45, 2.75) is 76.6 Å². The van der Waals surface area contributed by atoms with Gasteiger partial charge in [-0.05, 0) is 92.2 Å². The molecule has 302 valence electrons. The van der Waals surface area contributed by atoms with E-state index >= 15 is 0 Å². The zero-order chi connectivity index (χ0) is 41.1. The van der Waals surface area contributed by atoms with Crippen LogP contribution < -0.4 is 26.8 Å². The van der Waals surface area contributed by atoms with E-state index in [4.69, 9.17) is 9.97 Å². The molecular formula is C44H46N10O5. The molecule has 3 aliphatic rings. The predicted octanol–water partition coefficient (Wildman–Crippen LogP) is 4.05. The zero-order valence-electron chi connectivity index (χ0n) is 32.9. The summed E-state index contributed by atoms with van der Waals surface area (Å²) in [7, 11) is 0. The number of benzene rings is 2. The molecule has 1 unspecified atom stereocenters. The van der Waals surface area contributed by atoms with Gasteiger partial charge in [-0.25, -0.2) is 19.3 Å². The third-order valence-electron chi connectivity index (χ3n) is 11.2. The topological polar surface area (TPSA) is 188 Å². The van der Waals surface area contributed by atoms with E-state index in [-0.39, 0.29) is 30.3 Å². The first kappa shape index (κ1) is 39.2. The number of hydrogen-bond donors (Lipinski definition) is 5. The normalized spacial score (nSPS) is 18.3. The van der Waals surface area contributed by atoms with Crippen LogP contribution in [0.1, 0.15) is 78.2 Å². The largest absolute Gasteiger partial charge is 0.384 e. The van der Waals surface area contributed by atoms with Crippen LogP contribution in [-0.2, 0) is 34.7 Å². The van der Waals surface area contributed by atoms with Crippen LogP contribution in [0, 0.1) is 11.8 Å². The number of allylic oxidation sites excluding steroid dienone is 1. The lowest BCUT2D eigenvalue weighted by atomic mass is 9.98. The van der Waals surface area contributed by atoms with Gasteiger partial charge in [0.05, 0.1) is 12.2 Å². The van der Waals surface area contributed by atoms with E-state index in [0.29, 0.717) is 66.3 Å². The number of hydrogen-bond acceptors (Lipinski definition) is 11. The summed E-state index contributed by atoms with van der Waals surface area (Å²) in [6, 6.07) is 16.4. The zero-order valence-corrected chi connectivity index (χ0v) is 32.9. The van der Waals surface area contributed by atoms with Gasteiger partial charge in [0.1, 0.15) is 17.0 Å². The number of carbonyl (C=O) groups excluding carboxylic acids is 3. The first-order chi connectivity index (χ1) is 28.7. The molecule has 0 bridgehead atoms. The van der Waals surface area contributed by atoms with Crippen LogP contribution in [0.15, 0.2) is 78.2 Å². The minimum atomic E-state index is -1.00.